The van der Waals surface area contributed by atoms with Crippen molar-refractivity contribution in [3.05, 3.63) is 55.3 Å². The van der Waals surface area contributed by atoms with Crippen molar-refractivity contribution in [3.63, 3.8) is 0 Å². The maximum atomic E-state index is 12.3. The summed E-state index contributed by atoms with van der Waals surface area (Å²) < 4.78 is 1.17. The highest BCUT2D eigenvalue weighted by molar-refractivity contribution is 6.43. The zero-order chi connectivity index (χ0) is 17.9. The van der Waals surface area contributed by atoms with Gasteiger partial charge in [0.2, 0.25) is 5.88 Å². The fourth-order valence-electron chi connectivity index (χ4n) is 2.28. The van der Waals surface area contributed by atoms with Crippen molar-refractivity contribution in [2.75, 3.05) is 0 Å². The van der Waals surface area contributed by atoms with E-state index in [0.29, 0.717) is 34.8 Å². The van der Waals surface area contributed by atoms with Crippen LogP contribution >= 0.6 is 23.2 Å². The molecule has 1 heterocycles. The van der Waals surface area contributed by atoms with Crippen LogP contribution in [0.4, 0.5) is 5.69 Å². The molecule has 1 aromatic heterocycles. The smallest absolute Gasteiger partial charge is 0.271 e. The first-order valence-electron chi connectivity index (χ1n) is 7.26. The first kappa shape index (κ1) is 18.1. The van der Waals surface area contributed by atoms with Gasteiger partial charge in [0, 0.05) is 12.8 Å². The van der Waals surface area contributed by atoms with E-state index in [9.17, 15) is 15.2 Å². The minimum Gasteiger partial charge on any atom is -0.494 e. The Balaban J connectivity index is 2.64. The third-order valence-corrected chi connectivity index (χ3v) is 4.37. The standard InChI is InChI=1S/C17H15Cl2N3O2/c1-3-7-22-16(23)11(8-20)10(2)12(17(22)24)9-21-14-6-4-5-13(18)15(14)19/h4-6,9,24H,3,7H2,1-2H3. The number of hydrogen-bond acceptors (Lipinski definition) is 4. The molecular formula is C17H15Cl2N3O2. The van der Waals surface area contributed by atoms with Gasteiger partial charge in [-0.15, -0.1) is 0 Å². The average Bonchev–Trinajstić information content (AvgIpc) is 2.55. The lowest BCUT2D eigenvalue weighted by Crippen LogP contribution is -2.25. The summed E-state index contributed by atoms with van der Waals surface area (Å²) in [5.41, 5.74) is 0.576. The maximum absolute atomic E-state index is 12.3. The fraction of sp³-hybridized carbons (Fsp3) is 0.235. The zero-order valence-electron chi connectivity index (χ0n) is 13.2. The van der Waals surface area contributed by atoms with E-state index in [0.717, 1.165) is 0 Å². The second kappa shape index (κ2) is 7.52. The Morgan fingerprint density at radius 1 is 1.42 bits per heavy atom. The molecule has 5 nitrogen and oxygen atoms in total. The van der Waals surface area contributed by atoms with Crippen LogP contribution in [0, 0.1) is 18.3 Å². The minimum absolute atomic E-state index is 0.0140. The van der Waals surface area contributed by atoms with Gasteiger partial charge in [-0.2, -0.15) is 5.26 Å². The van der Waals surface area contributed by atoms with Crippen LogP contribution in [-0.4, -0.2) is 15.9 Å². The van der Waals surface area contributed by atoms with Gasteiger partial charge < -0.3 is 5.11 Å². The number of nitriles is 1. The number of benzene rings is 1. The summed E-state index contributed by atoms with van der Waals surface area (Å²) in [6.07, 6.45) is 2.02. The molecule has 0 atom stereocenters. The Kier molecular flexibility index (Phi) is 5.66. The fourth-order valence-corrected chi connectivity index (χ4v) is 2.63. The summed E-state index contributed by atoms with van der Waals surface area (Å²) in [5, 5.41) is 20.3. The maximum Gasteiger partial charge on any atom is 0.271 e. The van der Waals surface area contributed by atoms with E-state index in [1.807, 2.05) is 13.0 Å². The number of pyridine rings is 1. The second-order valence-electron chi connectivity index (χ2n) is 5.14. The van der Waals surface area contributed by atoms with Gasteiger partial charge in [0.05, 0.1) is 21.3 Å². The van der Waals surface area contributed by atoms with E-state index in [2.05, 4.69) is 4.99 Å². The van der Waals surface area contributed by atoms with Crippen LogP contribution in [0.15, 0.2) is 28.0 Å². The molecule has 2 rings (SSSR count). The molecule has 0 amide bonds. The molecule has 0 aliphatic carbocycles. The predicted molar refractivity (Wildman–Crippen MR) is 95.8 cm³/mol. The molecule has 124 valence electrons. The van der Waals surface area contributed by atoms with Crippen molar-refractivity contribution in [1.29, 1.82) is 5.26 Å². The molecule has 0 saturated heterocycles. The van der Waals surface area contributed by atoms with Gasteiger partial charge in [0.25, 0.3) is 5.56 Å². The summed E-state index contributed by atoms with van der Waals surface area (Å²) in [6.45, 7) is 3.77. The van der Waals surface area contributed by atoms with Crippen molar-refractivity contribution in [2.45, 2.75) is 26.8 Å². The normalized spacial score (nSPS) is 11.0. The third kappa shape index (κ3) is 3.30. The SMILES string of the molecule is CCCn1c(O)c(C=Nc2cccc(Cl)c2Cl)c(C)c(C#N)c1=O. The van der Waals surface area contributed by atoms with Crippen LogP contribution in [0.3, 0.4) is 0 Å². The van der Waals surface area contributed by atoms with Gasteiger partial charge in [-0.1, -0.05) is 36.2 Å². The number of aromatic nitrogens is 1. The van der Waals surface area contributed by atoms with Crippen LogP contribution in [-0.2, 0) is 6.54 Å². The Hall–Kier alpha value is -2.29. The topological polar surface area (TPSA) is 78.4 Å². The number of nitrogens with zero attached hydrogens (tertiary/aromatic N) is 3. The van der Waals surface area contributed by atoms with Crippen LogP contribution in [0.25, 0.3) is 0 Å². The molecule has 1 aromatic carbocycles. The molecular weight excluding hydrogens is 349 g/mol. The predicted octanol–water partition coefficient (Wildman–Crippen LogP) is 4.20. The van der Waals surface area contributed by atoms with Crippen LogP contribution < -0.4 is 5.56 Å². The largest absolute Gasteiger partial charge is 0.494 e. The Morgan fingerprint density at radius 2 is 2.12 bits per heavy atom. The monoisotopic (exact) mass is 363 g/mol. The van der Waals surface area contributed by atoms with Gasteiger partial charge in [-0.25, -0.2) is 0 Å². The molecule has 0 radical (unpaired) electrons. The number of rotatable bonds is 4. The second-order valence-corrected chi connectivity index (χ2v) is 5.92. The molecule has 7 heteroatoms. The molecule has 0 fully saturated rings. The molecule has 2 aromatic rings. The van der Waals surface area contributed by atoms with E-state index in [1.54, 1.807) is 25.1 Å². The minimum atomic E-state index is -0.507. The Labute approximate surface area is 149 Å². The van der Waals surface area contributed by atoms with Crippen LogP contribution in [0.1, 0.15) is 30.0 Å². The molecule has 1 N–H and O–H groups in total. The molecule has 0 bridgehead atoms. The number of aromatic hydroxyl groups is 1. The highest BCUT2D eigenvalue weighted by Crippen LogP contribution is 2.32. The van der Waals surface area contributed by atoms with Gasteiger partial charge in [-0.3, -0.25) is 14.4 Å². The number of hydrogen-bond donors (Lipinski definition) is 1. The molecule has 0 saturated carbocycles. The summed E-state index contributed by atoms with van der Waals surface area (Å²) in [7, 11) is 0. The van der Waals surface area contributed by atoms with E-state index >= 15 is 0 Å². The van der Waals surface area contributed by atoms with Crippen LogP contribution in [0.5, 0.6) is 5.88 Å². The summed E-state index contributed by atoms with van der Waals surface area (Å²) in [5.74, 6) is -0.222. The van der Waals surface area contributed by atoms with Crippen molar-refractivity contribution >= 4 is 35.1 Å². The highest BCUT2D eigenvalue weighted by atomic mass is 35.5. The number of halogens is 2. The van der Waals surface area contributed by atoms with Crippen molar-refractivity contribution in [1.82, 2.24) is 4.57 Å². The van der Waals surface area contributed by atoms with Gasteiger partial charge in [0.1, 0.15) is 11.6 Å². The molecule has 0 aliphatic rings. The van der Waals surface area contributed by atoms with Crippen molar-refractivity contribution < 1.29 is 5.11 Å². The van der Waals surface area contributed by atoms with E-state index in [-0.39, 0.29) is 16.5 Å². The molecule has 0 aliphatic heterocycles. The summed E-state index contributed by atoms with van der Waals surface area (Å²) in [4.78, 5) is 16.5. The van der Waals surface area contributed by atoms with E-state index < -0.39 is 5.56 Å². The zero-order valence-corrected chi connectivity index (χ0v) is 14.7. The lowest BCUT2D eigenvalue weighted by Gasteiger charge is -2.13. The highest BCUT2D eigenvalue weighted by Gasteiger charge is 2.17. The first-order chi connectivity index (χ1) is 11.4. The Bertz CT molecular complexity index is 912. The summed E-state index contributed by atoms with van der Waals surface area (Å²) >= 11 is 12.0. The lowest BCUT2D eigenvalue weighted by molar-refractivity contribution is 0.403. The number of aliphatic imine (C=N–C) groups is 1. The molecule has 24 heavy (non-hydrogen) atoms. The van der Waals surface area contributed by atoms with E-state index in [1.165, 1.54) is 10.8 Å². The molecule has 0 spiro atoms. The van der Waals surface area contributed by atoms with E-state index in [4.69, 9.17) is 23.2 Å². The van der Waals surface area contributed by atoms with Crippen molar-refractivity contribution in [3.8, 4) is 11.9 Å². The third-order valence-electron chi connectivity index (χ3n) is 3.56. The van der Waals surface area contributed by atoms with Crippen LogP contribution in [0.2, 0.25) is 10.0 Å². The van der Waals surface area contributed by atoms with Gasteiger partial charge in [0.15, 0.2) is 0 Å². The van der Waals surface area contributed by atoms with Gasteiger partial charge in [-0.05, 0) is 31.0 Å². The Morgan fingerprint density at radius 3 is 2.75 bits per heavy atom. The summed E-state index contributed by atoms with van der Waals surface area (Å²) in [6, 6.07) is 6.91. The quantitative estimate of drug-likeness (QED) is 0.826. The molecule has 0 unspecified atom stereocenters. The average molecular weight is 364 g/mol. The lowest BCUT2D eigenvalue weighted by atomic mass is 10.1. The first-order valence-corrected chi connectivity index (χ1v) is 8.02. The van der Waals surface area contributed by atoms with Crippen molar-refractivity contribution in [2.24, 2.45) is 4.99 Å². The van der Waals surface area contributed by atoms with Gasteiger partial charge >= 0.3 is 0 Å².